The summed E-state index contributed by atoms with van der Waals surface area (Å²) in [6, 6.07) is 0. The van der Waals surface area contributed by atoms with Crippen molar-refractivity contribution >= 4 is 5.97 Å². The molecule has 0 aromatic carbocycles. The second-order valence-corrected chi connectivity index (χ2v) is 9.30. The summed E-state index contributed by atoms with van der Waals surface area (Å²) in [6.45, 7) is 14.3. The first-order valence-corrected chi connectivity index (χ1v) is 10.7. The third kappa shape index (κ3) is 15.3. The van der Waals surface area contributed by atoms with Gasteiger partial charge in [0.2, 0.25) is 0 Å². The molecule has 0 bridgehead atoms. The van der Waals surface area contributed by atoms with Gasteiger partial charge in [-0.05, 0) is 54.4 Å². The molecule has 2 unspecified atom stereocenters. The summed E-state index contributed by atoms with van der Waals surface area (Å²) in [4.78, 5) is 23.4. The number of ether oxygens (including phenoxy) is 3. The maximum atomic E-state index is 12.4. The quantitative estimate of drug-likeness (QED) is 0.119. The molecule has 0 saturated heterocycles. The molecule has 0 N–H and O–H groups in total. The van der Waals surface area contributed by atoms with Crippen molar-refractivity contribution in [3.8, 4) is 0 Å². The molecule has 28 heavy (non-hydrogen) atoms. The first-order chi connectivity index (χ1) is 13.0. The van der Waals surface area contributed by atoms with Gasteiger partial charge >= 0.3 is 5.97 Å². The fraction of sp³-hybridized carbons (Fsp3) is 0.955. The second kappa shape index (κ2) is 14.3. The van der Waals surface area contributed by atoms with E-state index in [1.54, 1.807) is 7.11 Å². The van der Waals surface area contributed by atoms with Crippen LogP contribution in [0.2, 0.25) is 0 Å². The molecule has 0 aliphatic carbocycles. The molecule has 0 aromatic rings. The third-order valence-electron chi connectivity index (χ3n) is 3.97. The highest BCUT2D eigenvalue weighted by Crippen LogP contribution is 2.23. The predicted octanol–water partition coefficient (Wildman–Crippen LogP) is 5.43. The Balaban J connectivity index is 4.89. The van der Waals surface area contributed by atoms with Gasteiger partial charge in [-0.25, -0.2) is 9.78 Å². The Bertz CT molecular complexity index is 397. The van der Waals surface area contributed by atoms with Crippen LogP contribution in [0.3, 0.4) is 0 Å². The van der Waals surface area contributed by atoms with Gasteiger partial charge in [0.1, 0.15) is 6.10 Å². The van der Waals surface area contributed by atoms with Gasteiger partial charge in [-0.15, -0.1) is 0 Å². The molecule has 0 rings (SSSR count). The number of carbonyl (C=O) groups excluding carboxylic acids is 1. The van der Waals surface area contributed by atoms with Crippen molar-refractivity contribution < 1.29 is 28.8 Å². The third-order valence-corrected chi connectivity index (χ3v) is 3.97. The average Bonchev–Trinajstić information content (AvgIpc) is 2.57. The molecule has 0 aliphatic heterocycles. The van der Waals surface area contributed by atoms with E-state index in [-0.39, 0.29) is 12.1 Å². The number of rotatable bonds is 15. The van der Waals surface area contributed by atoms with Crippen molar-refractivity contribution in [2.45, 2.75) is 111 Å². The van der Waals surface area contributed by atoms with Crippen molar-refractivity contribution in [3.63, 3.8) is 0 Å². The van der Waals surface area contributed by atoms with Crippen LogP contribution in [-0.4, -0.2) is 44.3 Å². The van der Waals surface area contributed by atoms with Crippen molar-refractivity contribution in [1.82, 2.24) is 0 Å². The molecule has 0 aromatic heterocycles. The molecule has 0 spiro atoms. The number of esters is 1. The Labute approximate surface area is 172 Å². The van der Waals surface area contributed by atoms with Crippen LogP contribution >= 0.6 is 0 Å². The van der Waals surface area contributed by atoms with Gasteiger partial charge in [-0.1, -0.05) is 32.6 Å². The molecule has 0 radical (unpaired) electrons. The lowest BCUT2D eigenvalue weighted by molar-refractivity contribution is -0.419. The summed E-state index contributed by atoms with van der Waals surface area (Å²) in [5, 5.41) is 0. The van der Waals surface area contributed by atoms with Crippen LogP contribution in [0.5, 0.6) is 0 Å². The lowest BCUT2D eigenvalue weighted by Crippen LogP contribution is -2.34. The maximum absolute atomic E-state index is 12.4. The largest absolute Gasteiger partial charge is 0.462 e. The van der Waals surface area contributed by atoms with Crippen LogP contribution in [0.15, 0.2) is 0 Å². The van der Waals surface area contributed by atoms with E-state index in [9.17, 15) is 4.79 Å². The molecule has 168 valence electrons. The highest BCUT2D eigenvalue weighted by atomic mass is 17.2. The fourth-order valence-electron chi connectivity index (χ4n) is 2.34. The van der Waals surface area contributed by atoms with Gasteiger partial charge in [-0.2, -0.15) is 0 Å². The number of unbranched alkanes of at least 4 members (excludes halogenated alkanes) is 4. The first-order valence-electron chi connectivity index (χ1n) is 10.7. The summed E-state index contributed by atoms with van der Waals surface area (Å²) in [5.41, 5.74) is -1.00. The van der Waals surface area contributed by atoms with E-state index < -0.39 is 17.3 Å². The molecule has 0 aliphatic rings. The van der Waals surface area contributed by atoms with E-state index in [0.29, 0.717) is 19.6 Å². The monoisotopic (exact) mass is 404 g/mol. The van der Waals surface area contributed by atoms with E-state index in [2.05, 4.69) is 6.92 Å². The van der Waals surface area contributed by atoms with Gasteiger partial charge in [0.15, 0.2) is 6.29 Å². The van der Waals surface area contributed by atoms with E-state index >= 15 is 0 Å². The zero-order valence-electron chi connectivity index (χ0n) is 19.5. The standard InChI is InChI=1S/C22H44O6/c1-9-10-11-12-13-14-18(26-20(23)21(2,3)4)17-19(25-16-15-24-8)27-28-22(5,6)7/h18-19H,9-17H2,1-8H3. The van der Waals surface area contributed by atoms with Crippen LogP contribution in [0.25, 0.3) is 0 Å². The molecule has 0 fully saturated rings. The summed E-state index contributed by atoms with van der Waals surface area (Å²) < 4.78 is 16.6. The van der Waals surface area contributed by atoms with Gasteiger partial charge in [-0.3, -0.25) is 4.79 Å². The zero-order chi connectivity index (χ0) is 21.6. The topological polar surface area (TPSA) is 63.2 Å². The second-order valence-electron chi connectivity index (χ2n) is 9.30. The smallest absolute Gasteiger partial charge is 0.311 e. The van der Waals surface area contributed by atoms with E-state index in [1.807, 2.05) is 41.5 Å². The highest BCUT2D eigenvalue weighted by Gasteiger charge is 2.29. The van der Waals surface area contributed by atoms with Crippen LogP contribution < -0.4 is 0 Å². The van der Waals surface area contributed by atoms with Crippen molar-refractivity contribution in [2.24, 2.45) is 5.41 Å². The molecule has 0 saturated carbocycles. The van der Waals surface area contributed by atoms with Crippen molar-refractivity contribution in [1.29, 1.82) is 0 Å². The predicted molar refractivity (Wildman–Crippen MR) is 111 cm³/mol. The van der Waals surface area contributed by atoms with Crippen LogP contribution in [0, 0.1) is 5.41 Å². The summed E-state index contributed by atoms with van der Waals surface area (Å²) in [6.07, 6.45) is 6.09. The van der Waals surface area contributed by atoms with Gasteiger partial charge in [0.25, 0.3) is 0 Å². The molecule has 0 heterocycles. The Morgan fingerprint density at radius 2 is 1.57 bits per heavy atom. The SMILES string of the molecule is CCCCCCCC(CC(OCCOC)OOC(C)(C)C)OC(=O)C(C)(C)C. The number of methoxy groups -OCH3 is 1. The lowest BCUT2D eigenvalue weighted by Gasteiger charge is -2.28. The minimum absolute atomic E-state index is 0.210. The van der Waals surface area contributed by atoms with Crippen molar-refractivity contribution in [2.75, 3.05) is 20.3 Å². The van der Waals surface area contributed by atoms with E-state index in [4.69, 9.17) is 24.0 Å². The Morgan fingerprint density at radius 3 is 2.11 bits per heavy atom. The normalized spacial score (nSPS) is 14.7. The number of hydrogen-bond acceptors (Lipinski definition) is 6. The highest BCUT2D eigenvalue weighted by molar-refractivity contribution is 5.75. The number of hydrogen-bond donors (Lipinski definition) is 0. The van der Waals surface area contributed by atoms with E-state index in [1.165, 1.54) is 19.3 Å². The maximum Gasteiger partial charge on any atom is 0.311 e. The van der Waals surface area contributed by atoms with Crippen LogP contribution in [-0.2, 0) is 28.8 Å². The Kier molecular flexibility index (Phi) is 14.0. The Morgan fingerprint density at radius 1 is 0.929 bits per heavy atom. The minimum atomic E-state index is -0.622. The van der Waals surface area contributed by atoms with Crippen LogP contribution in [0.4, 0.5) is 0 Å². The van der Waals surface area contributed by atoms with Gasteiger partial charge < -0.3 is 14.2 Å². The minimum Gasteiger partial charge on any atom is -0.462 e. The summed E-state index contributed by atoms with van der Waals surface area (Å²) in [5.74, 6) is -0.210. The molecule has 0 amide bonds. The molecule has 2 atom stereocenters. The number of carbonyl (C=O) groups is 1. The van der Waals surface area contributed by atoms with Gasteiger partial charge in [0.05, 0.1) is 24.2 Å². The molecular formula is C22H44O6. The summed E-state index contributed by atoms with van der Waals surface area (Å²) >= 11 is 0. The first kappa shape index (κ1) is 27.3. The zero-order valence-corrected chi connectivity index (χ0v) is 19.5. The summed E-state index contributed by atoms with van der Waals surface area (Å²) in [7, 11) is 1.62. The van der Waals surface area contributed by atoms with Crippen LogP contribution in [0.1, 0.15) is 93.4 Å². The fourth-order valence-corrected chi connectivity index (χ4v) is 2.34. The van der Waals surface area contributed by atoms with E-state index in [0.717, 1.165) is 19.3 Å². The van der Waals surface area contributed by atoms with Crippen molar-refractivity contribution in [3.05, 3.63) is 0 Å². The van der Waals surface area contributed by atoms with Gasteiger partial charge in [0, 0.05) is 13.5 Å². The average molecular weight is 405 g/mol. The molecule has 6 heteroatoms. The molecular weight excluding hydrogens is 360 g/mol. The Hall–Kier alpha value is -0.690. The molecule has 6 nitrogen and oxygen atoms in total. The lowest BCUT2D eigenvalue weighted by atomic mass is 9.97.